The minimum absolute atomic E-state index is 0.0524. The Morgan fingerprint density at radius 1 is 1.22 bits per heavy atom. The molecule has 2 heterocycles. The fourth-order valence-electron chi connectivity index (χ4n) is 2.61. The molecule has 2 amide bonds. The van der Waals surface area contributed by atoms with Crippen LogP contribution < -0.4 is 10.1 Å². The molecule has 7 nitrogen and oxygen atoms in total. The van der Waals surface area contributed by atoms with Gasteiger partial charge in [-0.05, 0) is 19.9 Å². The Morgan fingerprint density at radius 3 is 2.41 bits per heavy atom. The van der Waals surface area contributed by atoms with Gasteiger partial charge in [0, 0.05) is 44.5 Å². The van der Waals surface area contributed by atoms with E-state index < -0.39 is 12.8 Å². The van der Waals surface area contributed by atoms with Crippen molar-refractivity contribution in [2.45, 2.75) is 26.1 Å². The maximum absolute atomic E-state index is 12.5. The summed E-state index contributed by atoms with van der Waals surface area (Å²) in [5.41, 5.74) is 0.278. The fraction of sp³-hybridized carbons (Fsp3) is 0.588. The first-order valence-electron chi connectivity index (χ1n) is 8.60. The second-order valence-electron chi connectivity index (χ2n) is 6.58. The lowest BCUT2D eigenvalue weighted by Gasteiger charge is -2.34. The average Bonchev–Trinajstić information content (AvgIpc) is 2.59. The topological polar surface area (TPSA) is 74.8 Å². The van der Waals surface area contributed by atoms with Crippen LogP contribution in [-0.4, -0.2) is 78.1 Å². The number of rotatable bonds is 6. The summed E-state index contributed by atoms with van der Waals surface area (Å²) in [6, 6.07) is 2.71. The number of nitrogens with one attached hydrogen (secondary N) is 1. The number of pyridine rings is 1. The van der Waals surface area contributed by atoms with Crippen molar-refractivity contribution in [2.24, 2.45) is 0 Å². The normalized spacial score (nSPS) is 15.7. The van der Waals surface area contributed by atoms with E-state index in [1.165, 1.54) is 18.3 Å². The Labute approximate surface area is 155 Å². The first kappa shape index (κ1) is 20.9. The maximum Gasteiger partial charge on any atom is 0.422 e. The molecule has 0 aliphatic carbocycles. The van der Waals surface area contributed by atoms with Crippen LogP contribution in [0.15, 0.2) is 18.3 Å². The SMILES string of the molecule is CC(C)NC(=O)CN1CCN(C(=O)c2ccc(OCC(F)(F)F)nc2)CC1. The molecule has 1 saturated heterocycles. The number of carbonyl (C=O) groups is 2. The van der Waals surface area contributed by atoms with Crippen molar-refractivity contribution >= 4 is 11.8 Å². The third kappa shape index (κ3) is 7.05. The Kier molecular flexibility index (Phi) is 7.00. The largest absolute Gasteiger partial charge is 0.468 e. The van der Waals surface area contributed by atoms with Crippen molar-refractivity contribution in [1.29, 1.82) is 0 Å². The highest BCUT2D eigenvalue weighted by Crippen LogP contribution is 2.17. The quantitative estimate of drug-likeness (QED) is 0.795. The molecule has 1 aliphatic rings. The Bertz CT molecular complexity index is 642. The Hall–Kier alpha value is -2.36. The van der Waals surface area contributed by atoms with Gasteiger partial charge in [0.2, 0.25) is 11.8 Å². The van der Waals surface area contributed by atoms with E-state index >= 15 is 0 Å². The van der Waals surface area contributed by atoms with Crippen molar-refractivity contribution < 1.29 is 27.5 Å². The third-order valence-electron chi connectivity index (χ3n) is 3.84. The number of hydrogen-bond acceptors (Lipinski definition) is 5. The fourth-order valence-corrected chi connectivity index (χ4v) is 2.61. The highest BCUT2D eigenvalue weighted by atomic mass is 19.4. The zero-order valence-electron chi connectivity index (χ0n) is 15.3. The van der Waals surface area contributed by atoms with Gasteiger partial charge in [0.15, 0.2) is 6.61 Å². The zero-order chi connectivity index (χ0) is 20.0. The van der Waals surface area contributed by atoms with Gasteiger partial charge >= 0.3 is 6.18 Å². The third-order valence-corrected chi connectivity index (χ3v) is 3.84. The molecule has 2 rings (SSSR count). The molecule has 0 spiro atoms. The predicted octanol–water partition coefficient (Wildman–Crippen LogP) is 1.31. The summed E-state index contributed by atoms with van der Waals surface area (Å²) < 4.78 is 40.9. The molecule has 1 aromatic rings. The van der Waals surface area contributed by atoms with Gasteiger partial charge in [0.25, 0.3) is 5.91 Å². The molecule has 0 unspecified atom stereocenters. The lowest BCUT2D eigenvalue weighted by molar-refractivity contribution is -0.154. The van der Waals surface area contributed by atoms with Gasteiger partial charge in [-0.25, -0.2) is 4.98 Å². The van der Waals surface area contributed by atoms with Crippen LogP contribution in [0, 0.1) is 0 Å². The average molecular weight is 388 g/mol. The molecule has 10 heteroatoms. The maximum atomic E-state index is 12.5. The Balaban J connectivity index is 1.82. The molecule has 150 valence electrons. The predicted molar refractivity (Wildman–Crippen MR) is 91.4 cm³/mol. The number of amides is 2. The summed E-state index contributed by atoms with van der Waals surface area (Å²) in [5, 5.41) is 2.82. The van der Waals surface area contributed by atoms with Crippen LogP contribution in [0.2, 0.25) is 0 Å². The van der Waals surface area contributed by atoms with E-state index in [2.05, 4.69) is 15.0 Å². The minimum atomic E-state index is -4.44. The molecular weight excluding hydrogens is 365 g/mol. The standard InChI is InChI=1S/C17H23F3N4O3/c1-12(2)22-14(25)10-23-5-7-24(8-6-23)16(26)13-3-4-15(21-9-13)27-11-17(18,19)20/h3-4,9,12H,5-8,10-11H2,1-2H3,(H,22,25). The van der Waals surface area contributed by atoms with Crippen LogP contribution in [-0.2, 0) is 4.79 Å². The van der Waals surface area contributed by atoms with Crippen molar-refractivity contribution in [3.8, 4) is 5.88 Å². The zero-order valence-corrected chi connectivity index (χ0v) is 15.3. The summed E-state index contributed by atoms with van der Waals surface area (Å²) in [4.78, 5) is 31.6. The van der Waals surface area contributed by atoms with Gasteiger partial charge < -0.3 is 15.0 Å². The Morgan fingerprint density at radius 2 is 1.89 bits per heavy atom. The molecule has 1 fully saturated rings. The van der Waals surface area contributed by atoms with Crippen LogP contribution in [0.5, 0.6) is 5.88 Å². The summed E-state index contributed by atoms with van der Waals surface area (Å²) >= 11 is 0. The lowest BCUT2D eigenvalue weighted by atomic mass is 10.2. The van der Waals surface area contributed by atoms with Crippen LogP contribution in [0.3, 0.4) is 0 Å². The number of ether oxygens (including phenoxy) is 1. The van der Waals surface area contributed by atoms with E-state index in [0.717, 1.165) is 0 Å². The van der Waals surface area contributed by atoms with Crippen molar-refractivity contribution in [3.63, 3.8) is 0 Å². The number of carbonyl (C=O) groups excluding carboxylic acids is 2. The van der Waals surface area contributed by atoms with Crippen LogP contribution in [0.1, 0.15) is 24.2 Å². The molecule has 0 radical (unpaired) electrons. The lowest BCUT2D eigenvalue weighted by Crippen LogP contribution is -2.51. The van der Waals surface area contributed by atoms with E-state index in [-0.39, 0.29) is 35.8 Å². The number of alkyl halides is 3. The molecule has 1 aliphatic heterocycles. The minimum Gasteiger partial charge on any atom is -0.468 e. The monoisotopic (exact) mass is 388 g/mol. The first-order chi connectivity index (χ1) is 12.6. The van der Waals surface area contributed by atoms with E-state index in [4.69, 9.17) is 0 Å². The van der Waals surface area contributed by atoms with E-state index in [9.17, 15) is 22.8 Å². The summed E-state index contributed by atoms with van der Waals surface area (Å²) in [6.07, 6.45) is -3.24. The van der Waals surface area contributed by atoms with Crippen LogP contribution >= 0.6 is 0 Å². The summed E-state index contributed by atoms with van der Waals surface area (Å²) in [6.45, 7) is 4.69. The smallest absolute Gasteiger partial charge is 0.422 e. The molecule has 0 bridgehead atoms. The molecule has 1 aromatic heterocycles. The van der Waals surface area contributed by atoms with Gasteiger partial charge in [-0.3, -0.25) is 14.5 Å². The van der Waals surface area contributed by atoms with Gasteiger partial charge in [-0.1, -0.05) is 0 Å². The van der Waals surface area contributed by atoms with Crippen molar-refractivity contribution in [1.82, 2.24) is 20.1 Å². The number of halogens is 3. The van der Waals surface area contributed by atoms with Gasteiger partial charge in [-0.15, -0.1) is 0 Å². The van der Waals surface area contributed by atoms with Crippen LogP contribution in [0.4, 0.5) is 13.2 Å². The van der Waals surface area contributed by atoms with Gasteiger partial charge in [0.1, 0.15) is 0 Å². The van der Waals surface area contributed by atoms with Crippen molar-refractivity contribution in [2.75, 3.05) is 39.3 Å². The molecule has 0 aromatic carbocycles. The van der Waals surface area contributed by atoms with E-state index in [1.807, 2.05) is 18.7 Å². The van der Waals surface area contributed by atoms with Crippen molar-refractivity contribution in [3.05, 3.63) is 23.9 Å². The number of aromatic nitrogens is 1. The molecule has 0 atom stereocenters. The number of piperazine rings is 1. The molecule has 0 saturated carbocycles. The van der Waals surface area contributed by atoms with E-state index in [1.54, 1.807) is 4.90 Å². The highest BCUT2D eigenvalue weighted by Gasteiger charge is 2.29. The molecule has 27 heavy (non-hydrogen) atoms. The highest BCUT2D eigenvalue weighted by molar-refractivity contribution is 5.94. The molecule has 1 N–H and O–H groups in total. The van der Waals surface area contributed by atoms with Crippen LogP contribution in [0.25, 0.3) is 0 Å². The molecular formula is C17H23F3N4O3. The van der Waals surface area contributed by atoms with Gasteiger partial charge in [0.05, 0.1) is 12.1 Å². The second-order valence-corrected chi connectivity index (χ2v) is 6.58. The second kappa shape index (κ2) is 9.03. The summed E-state index contributed by atoms with van der Waals surface area (Å²) in [5.74, 6) is -0.496. The first-order valence-corrected chi connectivity index (χ1v) is 8.60. The number of hydrogen-bond donors (Lipinski definition) is 1. The van der Waals surface area contributed by atoms with Gasteiger partial charge in [-0.2, -0.15) is 13.2 Å². The summed E-state index contributed by atoms with van der Waals surface area (Å²) in [7, 11) is 0. The number of nitrogens with zero attached hydrogens (tertiary/aromatic N) is 3. The van der Waals surface area contributed by atoms with E-state index in [0.29, 0.717) is 26.2 Å².